The van der Waals surface area contributed by atoms with Crippen molar-refractivity contribution in [3.8, 4) is 6.07 Å². The molecule has 1 aromatic carbocycles. The first-order chi connectivity index (χ1) is 10.9. The predicted octanol–water partition coefficient (Wildman–Crippen LogP) is 2.23. The molecule has 1 N–H and O–H groups in total. The van der Waals surface area contributed by atoms with Gasteiger partial charge in [0.1, 0.15) is 15.7 Å². The fourth-order valence-electron chi connectivity index (χ4n) is 1.94. The fourth-order valence-corrected chi connectivity index (χ4v) is 2.54. The van der Waals surface area contributed by atoms with Crippen molar-refractivity contribution >= 4 is 38.2 Å². The number of hydrogen-bond acceptors (Lipinski definition) is 6. The molecule has 23 heavy (non-hydrogen) atoms. The number of anilines is 1. The predicted molar refractivity (Wildman–Crippen MR) is 90.5 cm³/mol. The number of nitrogens with one attached hydrogen (secondary N) is 1. The van der Waals surface area contributed by atoms with Crippen molar-refractivity contribution < 1.29 is 13.2 Å². The number of ether oxygens (including phenoxy) is 1. The Balaban J connectivity index is 1.96. The maximum Gasteiger partial charge on any atom is 0.149 e. The van der Waals surface area contributed by atoms with Gasteiger partial charge in [-0.15, -0.1) is 0 Å². The molecule has 0 saturated heterocycles. The lowest BCUT2D eigenvalue weighted by atomic mass is 10.1. The minimum atomic E-state index is -3.00. The summed E-state index contributed by atoms with van der Waals surface area (Å²) in [7, 11) is -3.00. The average Bonchev–Trinajstić information content (AvgIpc) is 2.49. The number of pyridine rings is 1. The van der Waals surface area contributed by atoms with Crippen LogP contribution >= 0.6 is 11.6 Å². The fraction of sp³-hybridized carbons (Fsp3) is 0.333. The first-order valence-electron chi connectivity index (χ1n) is 6.89. The Bertz CT molecular complexity index is 847. The molecule has 6 nitrogen and oxygen atoms in total. The van der Waals surface area contributed by atoms with Gasteiger partial charge in [0.25, 0.3) is 0 Å². The van der Waals surface area contributed by atoms with Crippen LogP contribution in [0.1, 0.15) is 5.56 Å². The second kappa shape index (κ2) is 7.59. The molecule has 0 aliphatic rings. The quantitative estimate of drug-likeness (QED) is 0.767. The summed E-state index contributed by atoms with van der Waals surface area (Å²) >= 11 is 5.94. The van der Waals surface area contributed by atoms with E-state index in [1.54, 1.807) is 24.3 Å². The zero-order valence-electron chi connectivity index (χ0n) is 12.5. The van der Waals surface area contributed by atoms with Crippen LogP contribution in [0.4, 0.5) is 5.82 Å². The van der Waals surface area contributed by atoms with E-state index in [2.05, 4.69) is 16.4 Å². The first kappa shape index (κ1) is 17.5. The molecule has 1 heterocycles. The van der Waals surface area contributed by atoms with Crippen LogP contribution in [-0.4, -0.2) is 45.2 Å². The highest BCUT2D eigenvalue weighted by Crippen LogP contribution is 2.23. The van der Waals surface area contributed by atoms with E-state index < -0.39 is 9.84 Å². The molecule has 0 bridgehead atoms. The molecule has 0 aliphatic carbocycles. The van der Waals surface area contributed by atoms with Crippen LogP contribution < -0.4 is 5.32 Å². The lowest BCUT2D eigenvalue weighted by molar-refractivity contribution is 0.159. The summed E-state index contributed by atoms with van der Waals surface area (Å²) in [5.41, 5.74) is 1.16. The molecule has 0 fully saturated rings. The molecule has 0 atom stereocenters. The van der Waals surface area contributed by atoms with Gasteiger partial charge in [0.15, 0.2) is 0 Å². The topological polar surface area (TPSA) is 92.1 Å². The Morgan fingerprint density at radius 3 is 2.83 bits per heavy atom. The van der Waals surface area contributed by atoms with E-state index in [-0.39, 0.29) is 12.4 Å². The largest absolute Gasteiger partial charge is 0.379 e. The van der Waals surface area contributed by atoms with Crippen molar-refractivity contribution in [1.82, 2.24) is 4.98 Å². The molecule has 0 amide bonds. The molecule has 8 heteroatoms. The van der Waals surface area contributed by atoms with Gasteiger partial charge in [-0.3, -0.25) is 0 Å². The van der Waals surface area contributed by atoms with Gasteiger partial charge in [-0.05, 0) is 24.3 Å². The third-order valence-electron chi connectivity index (χ3n) is 3.04. The maximum atomic E-state index is 11.0. The Labute approximate surface area is 140 Å². The standard InChI is InChI=1S/C15H16ClN3O3S/c1-23(20,21)7-6-22-5-4-18-15-8-11(10-17)13-9-12(16)2-3-14(13)19-15/h2-3,8-9H,4-7H2,1H3,(H,18,19). The Morgan fingerprint density at radius 1 is 1.35 bits per heavy atom. The van der Waals surface area contributed by atoms with Gasteiger partial charge >= 0.3 is 0 Å². The number of nitrogens with zero attached hydrogens (tertiary/aromatic N) is 2. The molecule has 0 saturated carbocycles. The highest BCUT2D eigenvalue weighted by atomic mass is 35.5. The van der Waals surface area contributed by atoms with E-state index in [9.17, 15) is 13.7 Å². The molecule has 0 spiro atoms. The van der Waals surface area contributed by atoms with Gasteiger partial charge in [-0.25, -0.2) is 13.4 Å². The smallest absolute Gasteiger partial charge is 0.149 e. The van der Waals surface area contributed by atoms with Crippen LogP contribution in [0.3, 0.4) is 0 Å². The molecule has 1 aromatic heterocycles. The summed E-state index contributed by atoms with van der Waals surface area (Å²) < 4.78 is 27.2. The van der Waals surface area contributed by atoms with Crippen molar-refractivity contribution in [2.24, 2.45) is 0 Å². The third-order valence-corrected chi connectivity index (χ3v) is 4.19. The molecular formula is C15H16ClN3O3S. The molecular weight excluding hydrogens is 338 g/mol. The van der Waals surface area contributed by atoms with Crippen LogP contribution in [0.5, 0.6) is 0 Å². The number of benzene rings is 1. The molecule has 2 rings (SSSR count). The van der Waals surface area contributed by atoms with Crippen molar-refractivity contribution in [2.45, 2.75) is 0 Å². The van der Waals surface area contributed by atoms with Crippen LogP contribution in [0.2, 0.25) is 5.02 Å². The SMILES string of the molecule is CS(=O)(=O)CCOCCNc1cc(C#N)c2cc(Cl)ccc2n1. The van der Waals surface area contributed by atoms with Gasteiger partial charge in [0.05, 0.1) is 36.1 Å². The van der Waals surface area contributed by atoms with Crippen LogP contribution in [-0.2, 0) is 14.6 Å². The average molecular weight is 354 g/mol. The van der Waals surface area contributed by atoms with E-state index in [1.165, 1.54) is 6.26 Å². The van der Waals surface area contributed by atoms with Crippen LogP contribution in [0.15, 0.2) is 24.3 Å². The van der Waals surface area contributed by atoms with Crippen molar-refractivity contribution in [2.75, 3.05) is 37.1 Å². The van der Waals surface area contributed by atoms with Crippen LogP contribution in [0, 0.1) is 11.3 Å². The van der Waals surface area contributed by atoms with Gasteiger partial charge in [-0.2, -0.15) is 5.26 Å². The second-order valence-corrected chi connectivity index (χ2v) is 7.69. The molecule has 0 radical (unpaired) electrons. The minimum Gasteiger partial charge on any atom is -0.379 e. The van der Waals surface area contributed by atoms with Gasteiger partial charge in [0, 0.05) is 23.2 Å². The van der Waals surface area contributed by atoms with Gasteiger partial charge in [-0.1, -0.05) is 11.6 Å². The molecule has 2 aromatic rings. The van der Waals surface area contributed by atoms with Crippen molar-refractivity contribution in [1.29, 1.82) is 5.26 Å². The lowest BCUT2D eigenvalue weighted by Crippen LogP contribution is -2.15. The zero-order chi connectivity index (χ0) is 16.9. The summed E-state index contributed by atoms with van der Waals surface area (Å²) in [6.45, 7) is 0.964. The first-order valence-corrected chi connectivity index (χ1v) is 9.32. The van der Waals surface area contributed by atoms with Gasteiger partial charge in [0.2, 0.25) is 0 Å². The molecule has 0 aliphatic heterocycles. The second-order valence-electron chi connectivity index (χ2n) is 5.00. The Hall–Kier alpha value is -1.88. The highest BCUT2D eigenvalue weighted by molar-refractivity contribution is 7.90. The van der Waals surface area contributed by atoms with Crippen molar-refractivity contribution in [3.05, 3.63) is 34.9 Å². The summed E-state index contributed by atoms with van der Waals surface area (Å²) in [4.78, 5) is 4.41. The zero-order valence-corrected chi connectivity index (χ0v) is 14.1. The highest BCUT2D eigenvalue weighted by Gasteiger charge is 2.06. The molecule has 0 unspecified atom stereocenters. The number of nitriles is 1. The number of rotatable bonds is 7. The number of fused-ring (bicyclic) bond motifs is 1. The van der Waals surface area contributed by atoms with Gasteiger partial charge < -0.3 is 10.1 Å². The van der Waals surface area contributed by atoms with E-state index in [4.69, 9.17) is 16.3 Å². The molecule has 122 valence electrons. The number of aromatic nitrogens is 1. The minimum absolute atomic E-state index is 0.000560. The summed E-state index contributed by atoms with van der Waals surface area (Å²) in [6, 6.07) is 8.96. The number of halogens is 1. The monoisotopic (exact) mass is 353 g/mol. The summed E-state index contributed by atoms with van der Waals surface area (Å²) in [5.74, 6) is 0.559. The normalized spacial score (nSPS) is 11.3. The maximum absolute atomic E-state index is 11.0. The van der Waals surface area contributed by atoms with Crippen LogP contribution in [0.25, 0.3) is 10.9 Å². The number of hydrogen-bond donors (Lipinski definition) is 1. The van der Waals surface area contributed by atoms with E-state index >= 15 is 0 Å². The lowest BCUT2D eigenvalue weighted by Gasteiger charge is -2.09. The van der Waals surface area contributed by atoms with Crippen molar-refractivity contribution in [3.63, 3.8) is 0 Å². The van der Waals surface area contributed by atoms with E-state index in [1.807, 2.05) is 0 Å². The van der Waals surface area contributed by atoms with E-state index in [0.29, 0.717) is 40.5 Å². The number of sulfone groups is 1. The Kier molecular flexibility index (Phi) is 5.77. The Morgan fingerprint density at radius 2 is 2.13 bits per heavy atom. The van der Waals surface area contributed by atoms with E-state index in [0.717, 1.165) is 0 Å². The summed E-state index contributed by atoms with van der Waals surface area (Å²) in [6.07, 6.45) is 1.17. The summed E-state index contributed by atoms with van der Waals surface area (Å²) in [5, 5.41) is 13.5. The third kappa shape index (κ3) is 5.36.